The van der Waals surface area contributed by atoms with Gasteiger partial charge in [0, 0.05) is 18.3 Å². The molecule has 1 aliphatic heterocycles. The third-order valence-corrected chi connectivity index (χ3v) is 5.57. The third kappa shape index (κ3) is 4.65. The van der Waals surface area contributed by atoms with Crippen molar-refractivity contribution in [3.8, 4) is 11.1 Å². The van der Waals surface area contributed by atoms with Crippen molar-refractivity contribution in [2.45, 2.75) is 31.7 Å². The van der Waals surface area contributed by atoms with Gasteiger partial charge in [0.2, 0.25) is 0 Å². The SMILES string of the molecule is O=C(O)CC1CCCN1c1ccc(Cc2cccc(-c3ccc(F)cc3)c2)cc1. The number of nitrogens with zero attached hydrogens (tertiary/aromatic N) is 1. The number of rotatable bonds is 6. The molecule has 1 fully saturated rings. The van der Waals surface area contributed by atoms with E-state index in [1.165, 1.54) is 23.3 Å². The molecule has 4 heteroatoms. The lowest BCUT2D eigenvalue weighted by molar-refractivity contribution is -0.137. The number of anilines is 1. The lowest BCUT2D eigenvalue weighted by atomic mass is 9.99. The third-order valence-electron chi connectivity index (χ3n) is 5.57. The molecule has 3 aromatic carbocycles. The molecule has 3 aromatic rings. The Morgan fingerprint density at radius 1 is 0.966 bits per heavy atom. The fourth-order valence-electron chi connectivity index (χ4n) is 4.13. The molecule has 0 saturated carbocycles. The van der Waals surface area contributed by atoms with Gasteiger partial charge in [0.25, 0.3) is 0 Å². The number of carboxylic acids is 1. The molecular formula is C25H24FNO2. The Hall–Kier alpha value is -3.14. The van der Waals surface area contributed by atoms with Crippen LogP contribution in [0.1, 0.15) is 30.4 Å². The number of hydrogen-bond acceptors (Lipinski definition) is 2. The van der Waals surface area contributed by atoms with E-state index in [1.54, 1.807) is 12.1 Å². The van der Waals surface area contributed by atoms with E-state index in [4.69, 9.17) is 5.11 Å². The van der Waals surface area contributed by atoms with E-state index in [0.717, 1.165) is 42.6 Å². The maximum Gasteiger partial charge on any atom is 0.305 e. The van der Waals surface area contributed by atoms with E-state index in [9.17, 15) is 9.18 Å². The molecule has 148 valence electrons. The molecule has 0 spiro atoms. The summed E-state index contributed by atoms with van der Waals surface area (Å²) in [5.41, 5.74) is 5.58. The summed E-state index contributed by atoms with van der Waals surface area (Å²) in [5.74, 6) is -0.965. The largest absolute Gasteiger partial charge is 0.481 e. The molecule has 4 rings (SSSR count). The summed E-state index contributed by atoms with van der Waals surface area (Å²) < 4.78 is 13.2. The molecule has 1 atom stereocenters. The molecule has 0 bridgehead atoms. The molecule has 1 heterocycles. The minimum atomic E-state index is -0.737. The van der Waals surface area contributed by atoms with Crippen LogP contribution in [-0.4, -0.2) is 23.7 Å². The summed E-state index contributed by atoms with van der Waals surface area (Å²) >= 11 is 0. The van der Waals surface area contributed by atoms with Gasteiger partial charge in [-0.15, -0.1) is 0 Å². The van der Waals surface area contributed by atoms with Crippen LogP contribution in [-0.2, 0) is 11.2 Å². The van der Waals surface area contributed by atoms with Gasteiger partial charge in [-0.1, -0.05) is 48.5 Å². The summed E-state index contributed by atoms with van der Waals surface area (Å²) in [4.78, 5) is 13.3. The summed E-state index contributed by atoms with van der Waals surface area (Å²) in [6.45, 7) is 0.914. The van der Waals surface area contributed by atoms with Crippen molar-refractivity contribution in [3.05, 3.63) is 89.7 Å². The van der Waals surface area contributed by atoms with Gasteiger partial charge >= 0.3 is 5.97 Å². The lowest BCUT2D eigenvalue weighted by Crippen LogP contribution is -2.31. The van der Waals surface area contributed by atoms with Crippen LogP contribution >= 0.6 is 0 Å². The van der Waals surface area contributed by atoms with Gasteiger partial charge in [-0.05, 0) is 65.8 Å². The van der Waals surface area contributed by atoms with E-state index >= 15 is 0 Å². The second-order valence-corrected chi connectivity index (χ2v) is 7.64. The first-order valence-corrected chi connectivity index (χ1v) is 10.0. The number of hydrogen-bond donors (Lipinski definition) is 1. The molecule has 1 N–H and O–H groups in total. The van der Waals surface area contributed by atoms with E-state index in [1.807, 2.05) is 12.1 Å². The molecular weight excluding hydrogens is 365 g/mol. The molecule has 0 amide bonds. The maximum absolute atomic E-state index is 13.2. The van der Waals surface area contributed by atoms with Gasteiger partial charge in [0.1, 0.15) is 5.82 Å². The predicted molar refractivity (Wildman–Crippen MR) is 114 cm³/mol. The predicted octanol–water partition coefficient (Wildman–Crippen LogP) is 5.53. The van der Waals surface area contributed by atoms with E-state index in [0.29, 0.717) is 0 Å². The molecule has 1 unspecified atom stereocenters. The molecule has 0 aromatic heterocycles. The fourth-order valence-corrected chi connectivity index (χ4v) is 4.13. The zero-order chi connectivity index (χ0) is 20.2. The van der Waals surface area contributed by atoms with E-state index < -0.39 is 5.97 Å². The van der Waals surface area contributed by atoms with Crippen LogP contribution in [0.4, 0.5) is 10.1 Å². The molecule has 0 radical (unpaired) electrons. The van der Waals surface area contributed by atoms with Crippen molar-refractivity contribution in [1.29, 1.82) is 0 Å². The Labute approximate surface area is 170 Å². The standard InChI is InChI=1S/C25H24FNO2/c26-22-10-8-20(9-11-22)21-4-1-3-19(16-21)15-18-6-12-23(13-7-18)27-14-2-5-24(27)17-25(28)29/h1,3-4,6-13,16,24H,2,5,14-15,17H2,(H,28,29). The monoisotopic (exact) mass is 389 g/mol. The minimum absolute atomic E-state index is 0.0886. The first-order valence-electron chi connectivity index (χ1n) is 10.0. The lowest BCUT2D eigenvalue weighted by Gasteiger charge is -2.26. The number of benzene rings is 3. The topological polar surface area (TPSA) is 40.5 Å². The normalized spacial score (nSPS) is 16.2. The van der Waals surface area contributed by atoms with Crippen LogP contribution in [0.3, 0.4) is 0 Å². The van der Waals surface area contributed by atoms with Crippen molar-refractivity contribution in [3.63, 3.8) is 0 Å². The van der Waals surface area contributed by atoms with Gasteiger partial charge in [-0.25, -0.2) is 4.39 Å². The highest BCUT2D eigenvalue weighted by Crippen LogP contribution is 2.28. The van der Waals surface area contributed by atoms with E-state index in [2.05, 4.69) is 41.3 Å². The van der Waals surface area contributed by atoms with Crippen molar-refractivity contribution in [2.75, 3.05) is 11.4 Å². The Bertz CT molecular complexity index is 982. The first-order chi connectivity index (χ1) is 14.1. The Kier molecular flexibility index (Phi) is 5.61. The Balaban J connectivity index is 1.47. The molecule has 29 heavy (non-hydrogen) atoms. The van der Waals surface area contributed by atoms with Gasteiger partial charge in [-0.3, -0.25) is 4.79 Å². The maximum atomic E-state index is 13.2. The van der Waals surface area contributed by atoms with Gasteiger partial charge in [0.05, 0.1) is 6.42 Å². The van der Waals surface area contributed by atoms with Gasteiger partial charge in [0.15, 0.2) is 0 Å². The molecule has 3 nitrogen and oxygen atoms in total. The number of halogens is 1. The van der Waals surface area contributed by atoms with E-state index in [-0.39, 0.29) is 18.3 Å². The van der Waals surface area contributed by atoms with Crippen LogP contribution in [0.2, 0.25) is 0 Å². The van der Waals surface area contributed by atoms with Crippen LogP contribution in [0.15, 0.2) is 72.8 Å². The average molecular weight is 389 g/mol. The van der Waals surface area contributed by atoms with Crippen molar-refractivity contribution < 1.29 is 14.3 Å². The van der Waals surface area contributed by atoms with Crippen LogP contribution in [0.5, 0.6) is 0 Å². The van der Waals surface area contributed by atoms with Crippen LogP contribution in [0.25, 0.3) is 11.1 Å². The second-order valence-electron chi connectivity index (χ2n) is 7.64. The Morgan fingerprint density at radius 3 is 2.45 bits per heavy atom. The van der Waals surface area contributed by atoms with Gasteiger partial charge < -0.3 is 10.0 Å². The van der Waals surface area contributed by atoms with Crippen LogP contribution in [0, 0.1) is 5.82 Å². The number of carboxylic acid groups (broad SMARTS) is 1. The van der Waals surface area contributed by atoms with Crippen molar-refractivity contribution in [2.24, 2.45) is 0 Å². The zero-order valence-corrected chi connectivity index (χ0v) is 16.2. The minimum Gasteiger partial charge on any atom is -0.481 e. The highest BCUT2D eigenvalue weighted by atomic mass is 19.1. The highest BCUT2D eigenvalue weighted by Gasteiger charge is 2.26. The Morgan fingerprint density at radius 2 is 1.72 bits per heavy atom. The number of aliphatic carboxylic acids is 1. The summed E-state index contributed by atoms with van der Waals surface area (Å²) in [5, 5.41) is 9.12. The smallest absolute Gasteiger partial charge is 0.305 e. The highest BCUT2D eigenvalue weighted by molar-refractivity contribution is 5.69. The summed E-state index contributed by atoms with van der Waals surface area (Å²) in [7, 11) is 0. The van der Waals surface area contributed by atoms with Crippen LogP contribution < -0.4 is 4.90 Å². The quantitative estimate of drug-likeness (QED) is 0.603. The van der Waals surface area contributed by atoms with Gasteiger partial charge in [-0.2, -0.15) is 0 Å². The molecule has 1 saturated heterocycles. The van der Waals surface area contributed by atoms with Crippen molar-refractivity contribution >= 4 is 11.7 Å². The van der Waals surface area contributed by atoms with Crippen molar-refractivity contribution in [1.82, 2.24) is 0 Å². The molecule has 0 aliphatic carbocycles. The second kappa shape index (κ2) is 8.48. The summed E-state index contributed by atoms with van der Waals surface area (Å²) in [6.07, 6.45) is 2.98. The molecule has 1 aliphatic rings. The summed E-state index contributed by atoms with van der Waals surface area (Å²) in [6, 6.07) is 23.4. The zero-order valence-electron chi connectivity index (χ0n) is 16.2. The average Bonchev–Trinajstić information content (AvgIpc) is 3.17. The first kappa shape index (κ1) is 19.2. The fraction of sp³-hybridized carbons (Fsp3) is 0.240. The number of carbonyl (C=O) groups is 1.